The lowest BCUT2D eigenvalue weighted by atomic mass is 9.82. The number of likely N-dealkylation sites (N-methyl/N-ethyl adjacent to an activating group) is 1. The highest BCUT2D eigenvalue weighted by Gasteiger charge is 2.39. The van der Waals surface area contributed by atoms with E-state index in [2.05, 4.69) is 11.8 Å². The molecule has 2 unspecified atom stereocenters. The molecule has 3 rings (SSSR count). The van der Waals surface area contributed by atoms with Crippen LogP contribution in [-0.2, 0) is 9.59 Å². The van der Waals surface area contributed by atoms with Crippen LogP contribution in [0.15, 0.2) is 0 Å². The van der Waals surface area contributed by atoms with Gasteiger partial charge in [0, 0.05) is 31.0 Å². The van der Waals surface area contributed by atoms with Gasteiger partial charge in [-0.3, -0.25) is 14.5 Å². The fraction of sp³-hybridized carbons (Fsp3) is 0.882. The Hall–Kier alpha value is -0.900. The summed E-state index contributed by atoms with van der Waals surface area (Å²) in [6, 6.07) is 0.833. The first kappa shape index (κ1) is 15.0. The zero-order valence-electron chi connectivity index (χ0n) is 13.2. The molecule has 2 saturated carbocycles. The number of rotatable bonds is 5. The second-order valence-electron chi connectivity index (χ2n) is 6.91. The van der Waals surface area contributed by atoms with E-state index in [0.717, 1.165) is 45.2 Å². The Bertz CT molecular complexity index is 406. The smallest absolute Gasteiger partial charge is 0.236 e. The fourth-order valence-electron chi connectivity index (χ4n) is 4.21. The molecule has 3 fully saturated rings. The van der Waals surface area contributed by atoms with E-state index < -0.39 is 0 Å². The van der Waals surface area contributed by atoms with Crippen LogP contribution in [0.4, 0.5) is 0 Å². The Morgan fingerprint density at radius 2 is 2.00 bits per heavy atom. The molecule has 1 aliphatic heterocycles. The zero-order valence-corrected chi connectivity index (χ0v) is 13.2. The van der Waals surface area contributed by atoms with Crippen LogP contribution in [0.1, 0.15) is 58.3 Å². The molecule has 1 heterocycles. The Morgan fingerprint density at radius 1 is 1.19 bits per heavy atom. The molecule has 0 aromatic heterocycles. The maximum atomic E-state index is 12.5. The van der Waals surface area contributed by atoms with Crippen molar-refractivity contribution in [1.82, 2.24) is 9.80 Å². The molecule has 0 aromatic rings. The lowest BCUT2D eigenvalue weighted by molar-refractivity contribution is -0.135. The van der Waals surface area contributed by atoms with Crippen molar-refractivity contribution >= 4 is 11.7 Å². The van der Waals surface area contributed by atoms with Crippen molar-refractivity contribution in [3.63, 3.8) is 0 Å². The summed E-state index contributed by atoms with van der Waals surface area (Å²) in [5.74, 6) is 0.917. The molecular weight excluding hydrogens is 264 g/mol. The maximum Gasteiger partial charge on any atom is 0.236 e. The average molecular weight is 292 g/mol. The zero-order chi connectivity index (χ0) is 14.8. The molecule has 3 aliphatic rings. The van der Waals surface area contributed by atoms with Crippen molar-refractivity contribution in [1.29, 1.82) is 0 Å². The summed E-state index contributed by atoms with van der Waals surface area (Å²) < 4.78 is 0. The summed E-state index contributed by atoms with van der Waals surface area (Å²) in [6.45, 7) is 4.41. The van der Waals surface area contributed by atoms with Crippen molar-refractivity contribution in [2.24, 2.45) is 5.92 Å². The number of ketones is 1. The van der Waals surface area contributed by atoms with Crippen molar-refractivity contribution in [2.75, 3.05) is 19.6 Å². The van der Waals surface area contributed by atoms with E-state index in [-0.39, 0.29) is 11.8 Å². The van der Waals surface area contributed by atoms with Crippen LogP contribution in [-0.4, -0.2) is 53.2 Å². The summed E-state index contributed by atoms with van der Waals surface area (Å²) in [7, 11) is 0. The van der Waals surface area contributed by atoms with E-state index in [0.29, 0.717) is 24.4 Å². The summed E-state index contributed by atoms with van der Waals surface area (Å²) in [5, 5.41) is 0. The van der Waals surface area contributed by atoms with E-state index in [1.807, 2.05) is 4.90 Å². The second kappa shape index (κ2) is 6.47. The number of Topliss-reactive ketones (excluding diaryl/α,β-unsaturated/α-hetero) is 1. The Balaban J connectivity index is 1.60. The summed E-state index contributed by atoms with van der Waals surface area (Å²) >= 11 is 0. The molecule has 4 nitrogen and oxygen atoms in total. The molecule has 2 atom stereocenters. The Morgan fingerprint density at radius 3 is 2.67 bits per heavy atom. The van der Waals surface area contributed by atoms with Gasteiger partial charge in [0.05, 0.1) is 6.54 Å². The molecule has 0 bridgehead atoms. The van der Waals surface area contributed by atoms with E-state index in [1.165, 1.54) is 19.3 Å². The van der Waals surface area contributed by atoms with E-state index in [4.69, 9.17) is 0 Å². The highest BCUT2D eigenvalue weighted by molar-refractivity contribution is 5.83. The third kappa shape index (κ3) is 3.31. The van der Waals surface area contributed by atoms with Crippen LogP contribution in [0, 0.1) is 5.92 Å². The molecule has 21 heavy (non-hydrogen) atoms. The molecule has 4 heteroatoms. The number of carbonyl (C=O) groups excluding carboxylic acids is 2. The van der Waals surface area contributed by atoms with E-state index in [9.17, 15) is 9.59 Å². The summed E-state index contributed by atoms with van der Waals surface area (Å²) in [5.41, 5.74) is 0. The third-order valence-corrected chi connectivity index (χ3v) is 5.47. The SMILES string of the molecule is CCN(C(=O)CN1CCCC1C1CCCCC1=O)C1CC1. The van der Waals surface area contributed by atoms with Gasteiger partial charge >= 0.3 is 0 Å². The Kier molecular flexibility index (Phi) is 4.63. The van der Waals surface area contributed by atoms with Crippen LogP contribution in [0.3, 0.4) is 0 Å². The molecule has 118 valence electrons. The molecule has 1 amide bonds. The maximum absolute atomic E-state index is 12.5. The number of amides is 1. The van der Waals surface area contributed by atoms with E-state index in [1.54, 1.807) is 0 Å². The fourth-order valence-corrected chi connectivity index (χ4v) is 4.21. The standard InChI is InChI=1S/C17H28N2O2/c1-2-19(13-9-10-13)17(21)12-18-11-5-7-15(18)14-6-3-4-8-16(14)20/h13-15H,2-12H2,1H3. The summed E-state index contributed by atoms with van der Waals surface area (Å²) in [6.07, 6.45) is 8.61. The quantitative estimate of drug-likeness (QED) is 0.780. The van der Waals surface area contributed by atoms with Gasteiger partial charge in [-0.05, 0) is 52.0 Å². The molecule has 0 aromatic carbocycles. The number of hydrogen-bond acceptors (Lipinski definition) is 3. The van der Waals surface area contributed by atoms with E-state index >= 15 is 0 Å². The molecule has 0 spiro atoms. The largest absolute Gasteiger partial charge is 0.339 e. The number of carbonyl (C=O) groups is 2. The van der Waals surface area contributed by atoms with Gasteiger partial charge in [0.1, 0.15) is 5.78 Å². The minimum absolute atomic E-state index is 0.199. The van der Waals surface area contributed by atoms with Crippen LogP contribution in [0.5, 0.6) is 0 Å². The predicted molar refractivity (Wildman–Crippen MR) is 82.0 cm³/mol. The van der Waals surface area contributed by atoms with Gasteiger partial charge < -0.3 is 4.90 Å². The number of nitrogens with zero attached hydrogens (tertiary/aromatic N) is 2. The van der Waals surface area contributed by atoms with Crippen LogP contribution < -0.4 is 0 Å². The van der Waals surface area contributed by atoms with Gasteiger partial charge in [0.2, 0.25) is 5.91 Å². The third-order valence-electron chi connectivity index (χ3n) is 5.47. The normalized spacial score (nSPS) is 30.6. The summed E-state index contributed by atoms with van der Waals surface area (Å²) in [4.78, 5) is 29.1. The second-order valence-corrected chi connectivity index (χ2v) is 6.91. The number of hydrogen-bond donors (Lipinski definition) is 0. The lowest BCUT2D eigenvalue weighted by Gasteiger charge is -2.34. The van der Waals surface area contributed by atoms with Gasteiger partial charge in [-0.2, -0.15) is 0 Å². The minimum Gasteiger partial charge on any atom is -0.339 e. The molecular formula is C17H28N2O2. The van der Waals surface area contributed by atoms with Gasteiger partial charge in [-0.25, -0.2) is 0 Å². The van der Waals surface area contributed by atoms with Crippen LogP contribution >= 0.6 is 0 Å². The predicted octanol–water partition coefficient (Wildman–Crippen LogP) is 2.22. The number of likely N-dealkylation sites (tertiary alicyclic amines) is 1. The highest BCUT2D eigenvalue weighted by atomic mass is 16.2. The van der Waals surface area contributed by atoms with Crippen LogP contribution in [0.25, 0.3) is 0 Å². The van der Waals surface area contributed by atoms with Crippen molar-refractivity contribution in [3.8, 4) is 0 Å². The first-order chi connectivity index (χ1) is 10.2. The molecule has 0 N–H and O–H groups in total. The lowest BCUT2D eigenvalue weighted by Crippen LogP contribution is -2.46. The highest BCUT2D eigenvalue weighted by Crippen LogP contribution is 2.33. The molecule has 2 aliphatic carbocycles. The van der Waals surface area contributed by atoms with Crippen LogP contribution in [0.2, 0.25) is 0 Å². The van der Waals surface area contributed by atoms with Crippen molar-refractivity contribution in [3.05, 3.63) is 0 Å². The topological polar surface area (TPSA) is 40.6 Å². The minimum atomic E-state index is 0.199. The van der Waals surface area contributed by atoms with Crippen molar-refractivity contribution < 1.29 is 9.59 Å². The average Bonchev–Trinajstić information content (AvgIpc) is 3.20. The van der Waals surface area contributed by atoms with Gasteiger partial charge in [-0.15, -0.1) is 0 Å². The molecule has 1 saturated heterocycles. The first-order valence-electron chi connectivity index (χ1n) is 8.77. The first-order valence-corrected chi connectivity index (χ1v) is 8.77. The van der Waals surface area contributed by atoms with Gasteiger partial charge in [0.15, 0.2) is 0 Å². The monoisotopic (exact) mass is 292 g/mol. The van der Waals surface area contributed by atoms with Gasteiger partial charge in [0.25, 0.3) is 0 Å². The van der Waals surface area contributed by atoms with Crippen molar-refractivity contribution in [2.45, 2.75) is 70.4 Å². The Labute approximate surface area is 127 Å². The molecule has 0 radical (unpaired) electrons. The van der Waals surface area contributed by atoms with Gasteiger partial charge in [-0.1, -0.05) is 6.42 Å².